The first-order valence-electron chi connectivity index (χ1n) is 15.0. The van der Waals surface area contributed by atoms with Gasteiger partial charge in [-0.15, -0.1) is 0 Å². The van der Waals surface area contributed by atoms with Crippen LogP contribution in [0, 0.1) is 0 Å². The Balaban J connectivity index is 1.55. The maximum Gasteiger partial charge on any atom is 0.204 e. The monoisotopic (exact) mass is 634 g/mol. The van der Waals surface area contributed by atoms with Gasteiger partial charge in [0, 0.05) is 32.7 Å². The maximum absolute atomic E-state index is 11.5. The molecule has 48 heavy (non-hydrogen) atoms. The summed E-state index contributed by atoms with van der Waals surface area (Å²) >= 11 is 0. The van der Waals surface area contributed by atoms with Gasteiger partial charge in [-0.05, 0) is 62.0 Å². The first kappa shape index (κ1) is 28.7. The molecular weight excluding hydrogens is 608 g/mol. The molecule has 0 fully saturated rings. The van der Waals surface area contributed by atoms with Crippen LogP contribution in [0.3, 0.4) is 0 Å². The standard InChI is InChI=1S/C40H26O8/c41-33-29-27(25-14-10-20-8-4-5-9-21(20)17-25)30-32(36(44)40(48)38(46)34(30)42)28(31(29)35(43)39(47)37(33)45)26-15-13-23-16-22(11-12-24(23)18-26)19-6-2-1-3-7-19/h1-18,41-48H. The first-order valence-corrected chi connectivity index (χ1v) is 15.0. The van der Waals surface area contributed by atoms with Gasteiger partial charge < -0.3 is 40.9 Å². The van der Waals surface area contributed by atoms with E-state index in [-0.39, 0.29) is 32.7 Å². The number of benzene rings is 8. The molecule has 0 aromatic heterocycles. The second-order valence-corrected chi connectivity index (χ2v) is 11.7. The van der Waals surface area contributed by atoms with Crippen molar-refractivity contribution in [2.45, 2.75) is 0 Å². The summed E-state index contributed by atoms with van der Waals surface area (Å²) < 4.78 is 0. The number of rotatable bonds is 3. The van der Waals surface area contributed by atoms with Crippen molar-refractivity contribution in [1.82, 2.24) is 0 Å². The van der Waals surface area contributed by atoms with Crippen LogP contribution in [0.4, 0.5) is 0 Å². The molecule has 8 heteroatoms. The average molecular weight is 635 g/mol. The number of phenolic OH excluding ortho intramolecular Hbond substituents is 8. The van der Waals surface area contributed by atoms with Crippen LogP contribution in [0.2, 0.25) is 0 Å². The predicted octanol–water partition coefficient (Wildman–Crippen LogP) is 8.95. The number of hydrogen-bond acceptors (Lipinski definition) is 8. The summed E-state index contributed by atoms with van der Waals surface area (Å²) in [5.74, 6) is -7.29. The van der Waals surface area contributed by atoms with Crippen molar-refractivity contribution in [3.8, 4) is 79.4 Å². The fourth-order valence-electron chi connectivity index (χ4n) is 6.75. The van der Waals surface area contributed by atoms with E-state index in [1.807, 2.05) is 78.9 Å². The molecule has 0 bridgehead atoms. The summed E-state index contributed by atoms with van der Waals surface area (Å²) in [6.45, 7) is 0. The molecule has 8 aromatic carbocycles. The highest BCUT2D eigenvalue weighted by Gasteiger charge is 2.32. The van der Waals surface area contributed by atoms with Crippen molar-refractivity contribution in [2.75, 3.05) is 0 Å². The summed E-state index contributed by atoms with van der Waals surface area (Å²) in [7, 11) is 0. The molecule has 0 heterocycles. The Morgan fingerprint density at radius 3 is 1.04 bits per heavy atom. The highest BCUT2D eigenvalue weighted by molar-refractivity contribution is 6.29. The van der Waals surface area contributed by atoms with Gasteiger partial charge in [-0.25, -0.2) is 0 Å². The second kappa shape index (κ2) is 10.4. The Labute approximate surface area is 272 Å². The summed E-state index contributed by atoms with van der Waals surface area (Å²) in [4.78, 5) is 0. The van der Waals surface area contributed by atoms with E-state index in [2.05, 4.69) is 0 Å². The van der Waals surface area contributed by atoms with E-state index in [0.29, 0.717) is 11.1 Å². The minimum absolute atomic E-state index is 0.00442. The third kappa shape index (κ3) is 4.03. The van der Waals surface area contributed by atoms with Crippen LogP contribution in [0.15, 0.2) is 109 Å². The van der Waals surface area contributed by atoms with Crippen LogP contribution >= 0.6 is 0 Å². The van der Waals surface area contributed by atoms with E-state index >= 15 is 0 Å². The molecule has 234 valence electrons. The van der Waals surface area contributed by atoms with Gasteiger partial charge in [-0.2, -0.15) is 0 Å². The third-order valence-electron chi connectivity index (χ3n) is 9.07. The quantitative estimate of drug-likeness (QED) is 0.0543. The highest BCUT2D eigenvalue weighted by Crippen LogP contribution is 2.61. The minimum Gasteiger partial charge on any atom is -0.504 e. The van der Waals surface area contributed by atoms with E-state index in [1.54, 1.807) is 30.3 Å². The fourth-order valence-corrected chi connectivity index (χ4v) is 6.75. The lowest BCUT2D eigenvalue weighted by Gasteiger charge is -2.22. The zero-order chi connectivity index (χ0) is 33.4. The Morgan fingerprint density at radius 1 is 0.250 bits per heavy atom. The molecule has 0 atom stereocenters. The number of hydrogen-bond donors (Lipinski definition) is 8. The lowest BCUT2D eigenvalue weighted by atomic mass is 9.83. The normalized spacial score (nSPS) is 11.6. The average Bonchev–Trinajstić information content (AvgIpc) is 3.13. The molecule has 8 aromatic rings. The largest absolute Gasteiger partial charge is 0.504 e. The fraction of sp³-hybridized carbons (Fsp3) is 0. The lowest BCUT2D eigenvalue weighted by molar-refractivity contribution is 0.350. The minimum atomic E-state index is -1.01. The molecule has 0 aliphatic heterocycles. The Bertz CT molecular complexity index is 2560. The lowest BCUT2D eigenvalue weighted by Crippen LogP contribution is -1.95. The van der Waals surface area contributed by atoms with Crippen molar-refractivity contribution in [2.24, 2.45) is 0 Å². The number of fused-ring (bicyclic) bond motifs is 4. The Hall–Kier alpha value is -6.80. The zero-order valence-electron chi connectivity index (χ0n) is 25.0. The van der Waals surface area contributed by atoms with E-state index in [4.69, 9.17) is 0 Å². The third-order valence-corrected chi connectivity index (χ3v) is 9.07. The van der Waals surface area contributed by atoms with E-state index in [9.17, 15) is 40.9 Å². The van der Waals surface area contributed by atoms with Gasteiger partial charge in [0.1, 0.15) is 0 Å². The molecule has 0 saturated carbocycles. The van der Waals surface area contributed by atoms with Crippen molar-refractivity contribution in [1.29, 1.82) is 0 Å². The van der Waals surface area contributed by atoms with Crippen molar-refractivity contribution >= 4 is 43.1 Å². The molecular formula is C40H26O8. The van der Waals surface area contributed by atoms with Crippen LogP contribution in [-0.4, -0.2) is 40.9 Å². The van der Waals surface area contributed by atoms with Gasteiger partial charge in [0.05, 0.1) is 0 Å². The van der Waals surface area contributed by atoms with Crippen LogP contribution < -0.4 is 0 Å². The molecule has 0 aliphatic rings. The molecule has 0 radical (unpaired) electrons. The van der Waals surface area contributed by atoms with Gasteiger partial charge in [-0.3, -0.25) is 0 Å². The van der Waals surface area contributed by atoms with E-state index in [0.717, 1.165) is 32.7 Å². The van der Waals surface area contributed by atoms with Gasteiger partial charge in [0.25, 0.3) is 0 Å². The summed E-state index contributed by atoms with van der Waals surface area (Å²) in [5, 5.41) is 91.6. The topological polar surface area (TPSA) is 162 Å². The van der Waals surface area contributed by atoms with Crippen molar-refractivity contribution in [3.05, 3.63) is 109 Å². The van der Waals surface area contributed by atoms with Crippen LogP contribution in [0.5, 0.6) is 46.0 Å². The molecule has 8 nitrogen and oxygen atoms in total. The first-order chi connectivity index (χ1) is 23.2. The Morgan fingerprint density at radius 2 is 0.583 bits per heavy atom. The molecule has 0 saturated heterocycles. The summed E-state index contributed by atoms with van der Waals surface area (Å²) in [5.41, 5.74) is 2.74. The van der Waals surface area contributed by atoms with Gasteiger partial charge in [0.15, 0.2) is 23.0 Å². The molecule has 0 amide bonds. The van der Waals surface area contributed by atoms with E-state index < -0.39 is 46.0 Å². The maximum atomic E-state index is 11.5. The van der Waals surface area contributed by atoms with E-state index in [1.165, 1.54) is 0 Å². The molecule has 0 unspecified atom stereocenters. The molecule has 0 aliphatic carbocycles. The van der Waals surface area contributed by atoms with Crippen molar-refractivity contribution in [3.63, 3.8) is 0 Å². The van der Waals surface area contributed by atoms with Gasteiger partial charge >= 0.3 is 0 Å². The van der Waals surface area contributed by atoms with Crippen LogP contribution in [0.25, 0.3) is 76.5 Å². The molecule has 8 N–H and O–H groups in total. The second-order valence-electron chi connectivity index (χ2n) is 11.7. The predicted molar refractivity (Wildman–Crippen MR) is 186 cm³/mol. The zero-order valence-corrected chi connectivity index (χ0v) is 25.0. The SMILES string of the molecule is Oc1c(O)c(O)c2c(-c3ccc4cc(-c5ccccc5)ccc4c3)c3c(O)c(O)c(O)c(O)c3c(-c3ccc4ccccc4c3)c2c1O. The number of aromatic hydroxyl groups is 8. The smallest absolute Gasteiger partial charge is 0.204 e. The molecule has 0 spiro atoms. The van der Waals surface area contributed by atoms with Gasteiger partial charge in [-0.1, -0.05) is 91.0 Å². The summed E-state index contributed by atoms with van der Waals surface area (Å²) in [6.07, 6.45) is 0. The highest BCUT2D eigenvalue weighted by atomic mass is 16.4. The summed E-state index contributed by atoms with van der Waals surface area (Å²) in [6, 6.07) is 33.6. The number of phenols is 8. The molecule has 8 rings (SSSR count). The van der Waals surface area contributed by atoms with Gasteiger partial charge in [0.2, 0.25) is 23.0 Å². The van der Waals surface area contributed by atoms with Crippen LogP contribution in [-0.2, 0) is 0 Å². The Kier molecular flexibility index (Phi) is 6.19. The van der Waals surface area contributed by atoms with Crippen molar-refractivity contribution < 1.29 is 40.9 Å². The van der Waals surface area contributed by atoms with Crippen LogP contribution in [0.1, 0.15) is 0 Å².